The van der Waals surface area contributed by atoms with Gasteiger partial charge < -0.3 is 9.80 Å². The number of likely N-dealkylation sites (tertiary alicyclic amines) is 1. The standard InChI is InChI=1S/C19H29N5O2/c1-22(11-13-9-18(25)24(12-13)15-5-3-4-6-15)19(26)20-17-10-16(14-7-8-14)21-23(17)2/h10,13-15H,3-9,11-12H2,1-2H3,(H,20,26)/t13-/m1/s1. The average molecular weight is 359 g/mol. The SMILES string of the molecule is CN(C[C@H]1CC(=O)N(C2CCCC2)C1)C(=O)Nc1cc(C2CC2)nn1C. The normalized spacial score (nSPS) is 23.7. The lowest BCUT2D eigenvalue weighted by Gasteiger charge is -2.25. The van der Waals surface area contributed by atoms with Gasteiger partial charge in [-0.2, -0.15) is 5.10 Å². The number of amides is 3. The van der Waals surface area contributed by atoms with Gasteiger partial charge in [0.25, 0.3) is 0 Å². The molecular formula is C19H29N5O2. The number of hydrogen-bond acceptors (Lipinski definition) is 3. The van der Waals surface area contributed by atoms with Gasteiger partial charge in [-0.15, -0.1) is 0 Å². The zero-order valence-corrected chi connectivity index (χ0v) is 15.8. The number of aryl methyl sites for hydroxylation is 1. The molecule has 7 nitrogen and oxygen atoms in total. The molecule has 26 heavy (non-hydrogen) atoms. The zero-order chi connectivity index (χ0) is 18.3. The summed E-state index contributed by atoms with van der Waals surface area (Å²) in [6, 6.07) is 2.27. The first-order chi connectivity index (χ1) is 12.5. The molecule has 2 saturated carbocycles. The fourth-order valence-electron chi connectivity index (χ4n) is 4.36. The summed E-state index contributed by atoms with van der Waals surface area (Å²) < 4.78 is 1.74. The van der Waals surface area contributed by atoms with Crippen LogP contribution in [0.3, 0.4) is 0 Å². The highest BCUT2D eigenvalue weighted by atomic mass is 16.2. The summed E-state index contributed by atoms with van der Waals surface area (Å²) in [5.41, 5.74) is 1.07. The highest BCUT2D eigenvalue weighted by Crippen LogP contribution is 2.40. The quantitative estimate of drug-likeness (QED) is 0.878. The number of carbonyl (C=O) groups excluding carboxylic acids is 2. The van der Waals surface area contributed by atoms with E-state index in [1.165, 1.54) is 25.7 Å². The molecule has 1 saturated heterocycles. The summed E-state index contributed by atoms with van der Waals surface area (Å²) in [4.78, 5) is 28.6. The molecule has 7 heteroatoms. The van der Waals surface area contributed by atoms with Crippen molar-refractivity contribution in [3.63, 3.8) is 0 Å². The molecule has 2 heterocycles. The Bertz CT molecular complexity index is 690. The monoisotopic (exact) mass is 359 g/mol. The smallest absolute Gasteiger partial charge is 0.322 e. The fourth-order valence-corrected chi connectivity index (χ4v) is 4.36. The highest BCUT2D eigenvalue weighted by molar-refractivity contribution is 5.88. The van der Waals surface area contributed by atoms with Crippen LogP contribution in [0.4, 0.5) is 10.6 Å². The summed E-state index contributed by atoms with van der Waals surface area (Å²) in [6.07, 6.45) is 7.68. The van der Waals surface area contributed by atoms with Gasteiger partial charge in [-0.25, -0.2) is 4.79 Å². The average Bonchev–Trinajstić information content (AvgIpc) is 3.00. The number of aromatic nitrogens is 2. The lowest BCUT2D eigenvalue weighted by atomic mass is 10.1. The van der Waals surface area contributed by atoms with E-state index in [1.807, 2.05) is 13.1 Å². The molecular weight excluding hydrogens is 330 g/mol. The highest BCUT2D eigenvalue weighted by Gasteiger charge is 2.36. The molecule has 0 unspecified atom stereocenters. The van der Waals surface area contributed by atoms with Crippen LogP contribution in [0.15, 0.2) is 6.07 Å². The molecule has 3 aliphatic rings. The Balaban J connectivity index is 1.30. The number of nitrogens with zero attached hydrogens (tertiary/aromatic N) is 4. The molecule has 1 atom stereocenters. The molecule has 1 aromatic heterocycles. The van der Waals surface area contributed by atoms with E-state index >= 15 is 0 Å². The van der Waals surface area contributed by atoms with Gasteiger partial charge in [0.15, 0.2) is 0 Å². The van der Waals surface area contributed by atoms with Crippen LogP contribution in [0.25, 0.3) is 0 Å². The van der Waals surface area contributed by atoms with Gasteiger partial charge in [0.2, 0.25) is 5.91 Å². The van der Waals surface area contributed by atoms with E-state index in [4.69, 9.17) is 0 Å². The van der Waals surface area contributed by atoms with Crippen LogP contribution in [0.2, 0.25) is 0 Å². The first kappa shape index (κ1) is 17.4. The van der Waals surface area contributed by atoms with Crippen molar-refractivity contribution in [2.45, 2.75) is 56.9 Å². The van der Waals surface area contributed by atoms with Gasteiger partial charge in [-0.05, 0) is 25.7 Å². The predicted octanol–water partition coefficient (Wildman–Crippen LogP) is 2.55. The number of rotatable bonds is 5. The molecule has 0 radical (unpaired) electrons. The molecule has 142 valence electrons. The third-order valence-corrected chi connectivity index (χ3v) is 6.01. The van der Waals surface area contributed by atoms with Crippen molar-refractivity contribution < 1.29 is 9.59 Å². The Kier molecular flexibility index (Phi) is 4.63. The first-order valence-electron chi connectivity index (χ1n) is 9.87. The first-order valence-corrected chi connectivity index (χ1v) is 9.87. The second-order valence-electron chi connectivity index (χ2n) is 8.22. The zero-order valence-electron chi connectivity index (χ0n) is 15.8. The van der Waals surface area contributed by atoms with Crippen molar-refractivity contribution in [2.75, 3.05) is 25.5 Å². The molecule has 2 aliphatic carbocycles. The van der Waals surface area contributed by atoms with Gasteiger partial charge in [0.1, 0.15) is 5.82 Å². The van der Waals surface area contributed by atoms with Crippen LogP contribution in [0, 0.1) is 5.92 Å². The number of hydrogen-bond donors (Lipinski definition) is 1. The number of urea groups is 1. The van der Waals surface area contributed by atoms with Gasteiger partial charge in [-0.3, -0.25) is 14.8 Å². The number of nitrogens with one attached hydrogen (secondary N) is 1. The Morgan fingerprint density at radius 2 is 2.04 bits per heavy atom. The molecule has 0 bridgehead atoms. The van der Waals surface area contributed by atoms with E-state index in [0.29, 0.717) is 24.9 Å². The minimum atomic E-state index is -0.137. The van der Waals surface area contributed by atoms with Crippen LogP contribution in [-0.4, -0.2) is 57.7 Å². The van der Waals surface area contributed by atoms with E-state index in [-0.39, 0.29) is 17.9 Å². The lowest BCUT2D eigenvalue weighted by molar-refractivity contribution is -0.129. The maximum absolute atomic E-state index is 12.5. The Hall–Kier alpha value is -2.05. The largest absolute Gasteiger partial charge is 0.339 e. The maximum Gasteiger partial charge on any atom is 0.322 e. The van der Waals surface area contributed by atoms with Gasteiger partial charge in [0, 0.05) is 57.5 Å². The third kappa shape index (κ3) is 3.57. The molecule has 4 rings (SSSR count). The van der Waals surface area contributed by atoms with E-state index in [2.05, 4.69) is 15.3 Å². The van der Waals surface area contributed by atoms with Crippen molar-refractivity contribution in [1.29, 1.82) is 0 Å². The van der Waals surface area contributed by atoms with Crippen LogP contribution < -0.4 is 5.32 Å². The Labute approximate surface area is 154 Å². The van der Waals surface area contributed by atoms with Gasteiger partial charge in [-0.1, -0.05) is 12.8 Å². The lowest BCUT2D eigenvalue weighted by Crippen LogP contribution is -2.38. The van der Waals surface area contributed by atoms with Crippen molar-refractivity contribution >= 4 is 17.8 Å². The molecule has 1 N–H and O–H groups in total. The third-order valence-electron chi connectivity index (χ3n) is 6.01. The topological polar surface area (TPSA) is 70.5 Å². The summed E-state index contributed by atoms with van der Waals surface area (Å²) in [5, 5.41) is 7.44. The fraction of sp³-hybridized carbons (Fsp3) is 0.737. The van der Waals surface area contributed by atoms with Gasteiger partial charge in [0.05, 0.1) is 5.69 Å². The van der Waals surface area contributed by atoms with Crippen LogP contribution in [0.1, 0.15) is 56.6 Å². The summed E-state index contributed by atoms with van der Waals surface area (Å²) in [7, 11) is 3.66. The van der Waals surface area contributed by atoms with E-state index < -0.39 is 0 Å². The molecule has 3 amide bonds. The maximum atomic E-state index is 12.5. The summed E-state index contributed by atoms with van der Waals surface area (Å²) in [6.45, 7) is 1.40. The minimum Gasteiger partial charge on any atom is -0.339 e. The molecule has 1 aromatic rings. The van der Waals surface area contributed by atoms with E-state index in [0.717, 1.165) is 30.9 Å². The van der Waals surface area contributed by atoms with E-state index in [1.54, 1.807) is 16.6 Å². The molecule has 3 fully saturated rings. The molecule has 0 aromatic carbocycles. The van der Waals surface area contributed by atoms with Crippen LogP contribution in [0.5, 0.6) is 0 Å². The van der Waals surface area contributed by atoms with Crippen molar-refractivity contribution in [2.24, 2.45) is 13.0 Å². The number of carbonyl (C=O) groups is 2. The second-order valence-corrected chi connectivity index (χ2v) is 8.22. The molecule has 1 aliphatic heterocycles. The predicted molar refractivity (Wildman–Crippen MR) is 98.9 cm³/mol. The summed E-state index contributed by atoms with van der Waals surface area (Å²) in [5.74, 6) is 1.79. The Morgan fingerprint density at radius 1 is 1.31 bits per heavy atom. The summed E-state index contributed by atoms with van der Waals surface area (Å²) >= 11 is 0. The second kappa shape index (κ2) is 6.93. The van der Waals surface area contributed by atoms with Crippen LogP contribution in [-0.2, 0) is 11.8 Å². The minimum absolute atomic E-state index is 0.137. The number of anilines is 1. The van der Waals surface area contributed by atoms with Crippen molar-refractivity contribution in [3.05, 3.63) is 11.8 Å². The van der Waals surface area contributed by atoms with Crippen LogP contribution >= 0.6 is 0 Å². The van der Waals surface area contributed by atoms with Gasteiger partial charge >= 0.3 is 6.03 Å². The Morgan fingerprint density at radius 3 is 2.73 bits per heavy atom. The molecule has 0 spiro atoms. The van der Waals surface area contributed by atoms with E-state index in [9.17, 15) is 9.59 Å². The van der Waals surface area contributed by atoms with Crippen molar-refractivity contribution in [3.8, 4) is 0 Å². The van der Waals surface area contributed by atoms with Crippen molar-refractivity contribution in [1.82, 2.24) is 19.6 Å².